The predicted molar refractivity (Wildman–Crippen MR) is 124 cm³/mol. The Morgan fingerprint density at radius 2 is 1.94 bits per heavy atom. The highest BCUT2D eigenvalue weighted by Crippen LogP contribution is 2.43. The van der Waals surface area contributed by atoms with Crippen molar-refractivity contribution < 1.29 is 14.3 Å². The topological polar surface area (TPSA) is 94.4 Å². The lowest BCUT2D eigenvalue weighted by Crippen LogP contribution is -2.36. The van der Waals surface area contributed by atoms with E-state index in [1.54, 1.807) is 10.8 Å². The fourth-order valence-corrected chi connectivity index (χ4v) is 4.42. The van der Waals surface area contributed by atoms with Gasteiger partial charge in [0.15, 0.2) is 11.6 Å². The van der Waals surface area contributed by atoms with Gasteiger partial charge in [-0.3, -0.25) is 4.79 Å². The molecule has 170 valence electrons. The van der Waals surface area contributed by atoms with Crippen molar-refractivity contribution in [3.63, 3.8) is 0 Å². The van der Waals surface area contributed by atoms with Crippen LogP contribution in [0.5, 0.6) is 5.75 Å². The van der Waals surface area contributed by atoms with Crippen molar-refractivity contribution >= 4 is 17.5 Å². The summed E-state index contributed by atoms with van der Waals surface area (Å²) in [5.41, 5.74) is 2.74. The molecule has 1 saturated heterocycles. The minimum Gasteiger partial charge on any atom is -0.489 e. The lowest BCUT2D eigenvalue weighted by atomic mass is 9.85. The molecule has 1 N–H and O–H groups in total. The molecule has 1 amide bonds. The number of hydrogen-bond acceptors (Lipinski definition) is 7. The van der Waals surface area contributed by atoms with Crippen LogP contribution in [0.1, 0.15) is 29.2 Å². The van der Waals surface area contributed by atoms with Gasteiger partial charge >= 0.3 is 0 Å². The third-order valence-electron chi connectivity index (χ3n) is 5.94. The maximum absolute atomic E-state index is 12.7. The third-order valence-corrected chi connectivity index (χ3v) is 5.94. The maximum atomic E-state index is 12.7. The molecule has 1 fully saturated rings. The highest BCUT2D eigenvalue weighted by atomic mass is 16.5. The standard InChI is InChI=1S/C24H26N6O3/c1-3-12-33-19-7-5-4-6-17(19)18-15-22(31)25-24-23(18)16(2)28-30(24)21-9-8-20(26-27-21)29-10-13-32-14-11-29/h3-9,18H,1,10-15H2,2H3,(H,25,31)/t18-/m0/s1. The number of ether oxygens (including phenoxy) is 2. The van der Waals surface area contributed by atoms with Gasteiger partial charge in [-0.2, -0.15) is 9.78 Å². The molecular weight excluding hydrogens is 420 g/mol. The van der Waals surface area contributed by atoms with E-state index in [2.05, 4.69) is 27.0 Å². The van der Waals surface area contributed by atoms with Gasteiger partial charge in [0.25, 0.3) is 0 Å². The Morgan fingerprint density at radius 3 is 2.70 bits per heavy atom. The number of fused-ring (bicyclic) bond motifs is 1. The molecule has 9 nitrogen and oxygen atoms in total. The second-order valence-corrected chi connectivity index (χ2v) is 8.05. The first kappa shape index (κ1) is 21.1. The molecule has 1 aromatic carbocycles. The minimum atomic E-state index is -0.177. The molecule has 1 atom stereocenters. The van der Waals surface area contributed by atoms with Crippen LogP contribution in [0, 0.1) is 6.92 Å². The number of carbonyl (C=O) groups excluding carboxylic acids is 1. The average molecular weight is 447 g/mol. The number of anilines is 2. The van der Waals surface area contributed by atoms with Crippen LogP contribution in [0.4, 0.5) is 11.6 Å². The number of nitrogens with one attached hydrogen (secondary N) is 1. The van der Waals surface area contributed by atoms with Crippen molar-refractivity contribution in [2.75, 3.05) is 43.1 Å². The summed E-state index contributed by atoms with van der Waals surface area (Å²) in [6.07, 6.45) is 2.02. The van der Waals surface area contributed by atoms with Gasteiger partial charge < -0.3 is 19.7 Å². The summed E-state index contributed by atoms with van der Waals surface area (Å²) < 4.78 is 13.0. The molecular formula is C24H26N6O3. The zero-order valence-corrected chi connectivity index (χ0v) is 18.5. The number of aromatic nitrogens is 4. The van der Waals surface area contributed by atoms with Crippen LogP contribution >= 0.6 is 0 Å². The summed E-state index contributed by atoms with van der Waals surface area (Å²) in [6.45, 7) is 9.01. The Hall–Kier alpha value is -3.72. The van der Waals surface area contributed by atoms with Crippen molar-refractivity contribution in [2.24, 2.45) is 0 Å². The number of rotatable bonds is 6. The number of morpholine rings is 1. The first-order valence-corrected chi connectivity index (χ1v) is 11.0. The van der Waals surface area contributed by atoms with E-state index in [1.807, 2.05) is 43.3 Å². The lowest BCUT2D eigenvalue weighted by molar-refractivity contribution is -0.116. The van der Waals surface area contributed by atoms with Crippen LogP contribution in [0.3, 0.4) is 0 Å². The number of carbonyl (C=O) groups is 1. The van der Waals surface area contributed by atoms with Gasteiger partial charge in [0.2, 0.25) is 5.91 Å². The lowest BCUT2D eigenvalue weighted by Gasteiger charge is -2.27. The van der Waals surface area contributed by atoms with E-state index in [1.165, 1.54) is 0 Å². The monoisotopic (exact) mass is 446 g/mol. The predicted octanol–water partition coefficient (Wildman–Crippen LogP) is 2.85. The summed E-state index contributed by atoms with van der Waals surface area (Å²) in [5.74, 6) is 2.46. The Balaban J connectivity index is 1.51. The fraction of sp³-hybridized carbons (Fsp3) is 0.333. The average Bonchev–Trinajstić information content (AvgIpc) is 3.19. The van der Waals surface area contributed by atoms with Crippen molar-refractivity contribution in [3.05, 3.63) is 65.9 Å². The summed E-state index contributed by atoms with van der Waals surface area (Å²) in [6, 6.07) is 11.6. The number of hydrogen-bond donors (Lipinski definition) is 1. The molecule has 33 heavy (non-hydrogen) atoms. The van der Waals surface area contributed by atoms with Crippen molar-refractivity contribution in [1.82, 2.24) is 20.0 Å². The minimum absolute atomic E-state index is 0.0786. The smallest absolute Gasteiger partial charge is 0.226 e. The van der Waals surface area contributed by atoms with Gasteiger partial charge in [0.1, 0.15) is 18.2 Å². The van der Waals surface area contributed by atoms with E-state index in [9.17, 15) is 4.79 Å². The van der Waals surface area contributed by atoms with Crippen LogP contribution in [0.2, 0.25) is 0 Å². The number of amides is 1. The van der Waals surface area contributed by atoms with E-state index in [0.717, 1.165) is 41.5 Å². The Labute approximate surface area is 192 Å². The molecule has 2 aromatic heterocycles. The van der Waals surface area contributed by atoms with Crippen LogP contribution in [-0.4, -0.2) is 58.8 Å². The van der Waals surface area contributed by atoms with E-state index in [0.29, 0.717) is 37.9 Å². The van der Waals surface area contributed by atoms with Gasteiger partial charge in [-0.1, -0.05) is 30.9 Å². The van der Waals surface area contributed by atoms with Crippen molar-refractivity contribution in [1.29, 1.82) is 0 Å². The first-order chi connectivity index (χ1) is 16.2. The summed E-state index contributed by atoms with van der Waals surface area (Å²) in [4.78, 5) is 14.9. The Morgan fingerprint density at radius 1 is 1.18 bits per heavy atom. The van der Waals surface area contributed by atoms with E-state index in [-0.39, 0.29) is 11.8 Å². The van der Waals surface area contributed by atoms with Gasteiger partial charge in [-0.15, -0.1) is 10.2 Å². The van der Waals surface area contributed by atoms with Gasteiger partial charge in [-0.05, 0) is 25.1 Å². The molecule has 0 bridgehead atoms. The highest BCUT2D eigenvalue weighted by Gasteiger charge is 2.34. The number of nitrogens with zero attached hydrogens (tertiary/aromatic N) is 5. The van der Waals surface area contributed by atoms with Crippen molar-refractivity contribution in [2.45, 2.75) is 19.3 Å². The fourth-order valence-electron chi connectivity index (χ4n) is 4.42. The molecule has 4 heterocycles. The van der Waals surface area contributed by atoms with Crippen LogP contribution < -0.4 is 15.0 Å². The molecule has 3 aromatic rings. The molecule has 0 unspecified atom stereocenters. The maximum Gasteiger partial charge on any atom is 0.226 e. The van der Waals surface area contributed by atoms with E-state index >= 15 is 0 Å². The third kappa shape index (κ3) is 4.07. The van der Waals surface area contributed by atoms with Gasteiger partial charge in [0, 0.05) is 36.6 Å². The molecule has 5 rings (SSSR count). The zero-order valence-electron chi connectivity index (χ0n) is 18.5. The zero-order chi connectivity index (χ0) is 22.8. The quantitative estimate of drug-likeness (QED) is 0.582. The van der Waals surface area contributed by atoms with E-state index < -0.39 is 0 Å². The van der Waals surface area contributed by atoms with Crippen molar-refractivity contribution in [3.8, 4) is 11.6 Å². The molecule has 0 saturated carbocycles. The number of benzene rings is 1. The summed E-state index contributed by atoms with van der Waals surface area (Å²) >= 11 is 0. The molecule has 0 aliphatic carbocycles. The van der Waals surface area contributed by atoms with Crippen LogP contribution in [-0.2, 0) is 9.53 Å². The molecule has 0 radical (unpaired) electrons. The highest BCUT2D eigenvalue weighted by molar-refractivity contribution is 5.95. The second kappa shape index (κ2) is 9.03. The Bertz CT molecular complexity index is 1170. The largest absolute Gasteiger partial charge is 0.489 e. The second-order valence-electron chi connectivity index (χ2n) is 8.05. The molecule has 0 spiro atoms. The molecule has 9 heteroatoms. The summed E-state index contributed by atoms with van der Waals surface area (Å²) in [5, 5.41) is 16.5. The van der Waals surface area contributed by atoms with Crippen LogP contribution in [0.15, 0.2) is 49.1 Å². The van der Waals surface area contributed by atoms with E-state index in [4.69, 9.17) is 14.6 Å². The molecule has 2 aliphatic heterocycles. The summed E-state index contributed by atoms with van der Waals surface area (Å²) in [7, 11) is 0. The molecule has 2 aliphatic rings. The van der Waals surface area contributed by atoms with Crippen LogP contribution in [0.25, 0.3) is 5.82 Å². The number of aryl methyl sites for hydroxylation is 1. The van der Waals surface area contributed by atoms with Gasteiger partial charge in [0.05, 0.1) is 18.9 Å². The first-order valence-electron chi connectivity index (χ1n) is 11.0. The Kier molecular flexibility index (Phi) is 5.78. The number of para-hydroxylation sites is 1. The van der Waals surface area contributed by atoms with Gasteiger partial charge in [-0.25, -0.2) is 0 Å². The SMILES string of the molecule is C=CCOc1ccccc1[C@@H]1CC(=O)Nc2c1c(C)nn2-c1ccc(N2CCOCC2)nn1. The normalized spacial score (nSPS) is 17.9.